The molecule has 0 unspecified atom stereocenters. The maximum Gasteiger partial charge on any atom is 0.343 e. The van der Waals surface area contributed by atoms with Crippen LogP contribution < -0.4 is 18.9 Å². The number of carbonyl (C=O) groups is 4. The van der Waals surface area contributed by atoms with Gasteiger partial charge in [0.2, 0.25) is 0 Å². The predicted molar refractivity (Wildman–Crippen MR) is 289 cm³/mol. The van der Waals surface area contributed by atoms with Crippen LogP contribution in [0.5, 0.6) is 23.0 Å². The normalized spacial score (nSPS) is 11.0. The lowest BCUT2D eigenvalue weighted by molar-refractivity contribution is 0.0717. The van der Waals surface area contributed by atoms with Gasteiger partial charge in [0.25, 0.3) is 0 Å². The van der Waals surface area contributed by atoms with Crippen LogP contribution in [0.25, 0.3) is 11.1 Å². The number of benzene rings is 6. The zero-order valence-electron chi connectivity index (χ0n) is 43.0. The smallest absolute Gasteiger partial charge is 0.343 e. The van der Waals surface area contributed by atoms with Crippen LogP contribution >= 0.6 is 0 Å². The summed E-state index contributed by atoms with van der Waals surface area (Å²) >= 11 is 0. The Morgan fingerprint density at radius 1 is 0.342 bits per heavy atom. The highest BCUT2D eigenvalue weighted by atomic mass is 19.1. The molecule has 0 atom stereocenters. The number of rotatable bonds is 31. The highest BCUT2D eigenvalue weighted by Gasteiger charge is 2.17. The number of esters is 4. The molecule has 0 bridgehead atoms. The average Bonchev–Trinajstić information content (AvgIpc) is 3.41. The van der Waals surface area contributed by atoms with Crippen molar-refractivity contribution in [3.05, 3.63) is 179 Å². The summed E-state index contributed by atoms with van der Waals surface area (Å²) in [5, 5.41) is 0. The van der Waals surface area contributed by atoms with Crippen LogP contribution in [0.1, 0.15) is 195 Å². The van der Waals surface area contributed by atoms with E-state index in [1.807, 2.05) is 24.3 Å². The van der Waals surface area contributed by atoms with Gasteiger partial charge < -0.3 is 18.9 Å². The van der Waals surface area contributed by atoms with Gasteiger partial charge in [0.1, 0.15) is 17.2 Å². The van der Waals surface area contributed by atoms with Crippen molar-refractivity contribution in [3.8, 4) is 34.1 Å². The number of halogens is 1. The third kappa shape index (κ3) is 19.2. The molecule has 0 fully saturated rings. The minimum absolute atomic E-state index is 0.139. The molecule has 6 aromatic rings. The van der Waals surface area contributed by atoms with Crippen molar-refractivity contribution in [1.82, 2.24) is 0 Å². The van der Waals surface area contributed by atoms with Crippen molar-refractivity contribution in [2.45, 2.75) is 155 Å². The summed E-state index contributed by atoms with van der Waals surface area (Å²) in [7, 11) is 0. The lowest BCUT2D eigenvalue weighted by Gasteiger charge is -2.10. The van der Waals surface area contributed by atoms with Crippen LogP contribution in [-0.4, -0.2) is 23.9 Å². The Morgan fingerprint density at radius 3 is 1.08 bits per heavy atom. The molecule has 8 nitrogen and oxygen atoms in total. The minimum atomic E-state index is -0.790. The summed E-state index contributed by atoms with van der Waals surface area (Å²) in [6, 6.07) is 37.7. The molecule has 0 saturated heterocycles. The number of carbonyl (C=O) groups excluding carboxylic acids is 4. The van der Waals surface area contributed by atoms with Gasteiger partial charge in [-0.3, -0.25) is 0 Å². The summed E-state index contributed by atoms with van der Waals surface area (Å²) in [5.74, 6) is -2.70. The molecule has 0 spiro atoms. The standard InChI is InChI=1S/C64H73FO8/c1-3-5-7-9-11-13-15-17-19-21-24-48-28-32-50(33-29-48)61(66)70-56-41-36-52(37-42-56)63(68)72-58-27-23-26-54(46-58)55-40-45-60(59(65)47-55)73-64(69)53-38-43-57(44-39-53)71-62(67)51-34-30-49(31-35-51)25-22-20-18-16-14-12-10-8-6-4-2/h23,26-47H,3-22,24-25H2,1-2H3. The first-order valence-corrected chi connectivity index (χ1v) is 26.9. The van der Waals surface area contributed by atoms with E-state index in [0.29, 0.717) is 22.3 Å². The zero-order chi connectivity index (χ0) is 51.5. The van der Waals surface area contributed by atoms with Crippen molar-refractivity contribution >= 4 is 23.9 Å². The Labute approximate surface area is 432 Å². The number of hydrogen-bond acceptors (Lipinski definition) is 8. The number of ether oxygens (including phenoxy) is 4. The van der Waals surface area contributed by atoms with Crippen molar-refractivity contribution in [1.29, 1.82) is 0 Å². The first kappa shape index (κ1) is 55.4. The maximum absolute atomic E-state index is 15.4. The Bertz CT molecular complexity index is 2620. The second-order valence-corrected chi connectivity index (χ2v) is 19.0. The summed E-state index contributed by atoms with van der Waals surface area (Å²) in [4.78, 5) is 51.8. The van der Waals surface area contributed by atoms with Gasteiger partial charge in [0, 0.05) is 0 Å². The topological polar surface area (TPSA) is 105 Å². The Hall–Kier alpha value is -6.87. The van der Waals surface area contributed by atoms with E-state index >= 15 is 4.39 Å². The molecule has 0 aliphatic heterocycles. The van der Waals surface area contributed by atoms with Gasteiger partial charge in [-0.15, -0.1) is 0 Å². The SMILES string of the molecule is CCCCCCCCCCCCc1ccc(C(=O)Oc2ccc(C(=O)Oc3cccc(-c4ccc(OC(=O)c5ccc(OC(=O)c6ccc(CCCCCCCCCCCC)cc6)cc5)c(F)c4)c3)cc2)cc1. The molecule has 0 N–H and O–H groups in total. The zero-order valence-corrected chi connectivity index (χ0v) is 43.0. The summed E-state index contributed by atoms with van der Waals surface area (Å²) < 4.78 is 37.5. The lowest BCUT2D eigenvalue weighted by Crippen LogP contribution is -2.11. The van der Waals surface area contributed by atoms with Crippen LogP contribution in [0.3, 0.4) is 0 Å². The highest BCUT2D eigenvalue weighted by Crippen LogP contribution is 2.30. The Balaban J connectivity index is 0.902. The first-order valence-electron chi connectivity index (χ1n) is 26.9. The fourth-order valence-corrected chi connectivity index (χ4v) is 8.73. The summed E-state index contributed by atoms with van der Waals surface area (Å²) in [5.41, 5.74) is 4.65. The van der Waals surface area contributed by atoms with Gasteiger partial charge in [-0.05, 0) is 145 Å². The van der Waals surface area contributed by atoms with E-state index in [1.165, 1.54) is 187 Å². The molecule has 0 aliphatic rings. The molecule has 73 heavy (non-hydrogen) atoms. The highest BCUT2D eigenvalue weighted by molar-refractivity contribution is 5.94. The van der Waals surface area contributed by atoms with E-state index in [4.69, 9.17) is 18.9 Å². The van der Waals surface area contributed by atoms with Gasteiger partial charge in [-0.1, -0.05) is 172 Å². The largest absolute Gasteiger partial charge is 0.423 e. The van der Waals surface area contributed by atoms with E-state index in [0.717, 1.165) is 25.7 Å². The molecule has 0 aromatic heterocycles. The lowest BCUT2D eigenvalue weighted by atomic mass is 10.0. The van der Waals surface area contributed by atoms with E-state index in [2.05, 4.69) is 13.8 Å². The Morgan fingerprint density at radius 2 is 0.685 bits per heavy atom. The molecule has 0 aliphatic carbocycles. The maximum atomic E-state index is 15.4. The molecule has 0 amide bonds. The van der Waals surface area contributed by atoms with Crippen LogP contribution in [0.2, 0.25) is 0 Å². The van der Waals surface area contributed by atoms with Crippen LogP contribution in [-0.2, 0) is 12.8 Å². The fraction of sp³-hybridized carbons (Fsp3) is 0.375. The van der Waals surface area contributed by atoms with Crippen molar-refractivity contribution in [2.24, 2.45) is 0 Å². The van der Waals surface area contributed by atoms with Gasteiger partial charge in [0.15, 0.2) is 11.6 Å². The molecule has 0 heterocycles. The third-order valence-corrected chi connectivity index (χ3v) is 13.1. The molecule has 6 aromatic carbocycles. The van der Waals surface area contributed by atoms with Gasteiger partial charge in [0.05, 0.1) is 22.3 Å². The number of aryl methyl sites for hydroxylation is 2. The molecule has 0 saturated carbocycles. The molecular weight excluding hydrogens is 916 g/mol. The minimum Gasteiger partial charge on any atom is -0.423 e. The van der Waals surface area contributed by atoms with Gasteiger partial charge in [-0.2, -0.15) is 0 Å². The van der Waals surface area contributed by atoms with Crippen molar-refractivity contribution < 1.29 is 42.5 Å². The summed E-state index contributed by atoms with van der Waals surface area (Å²) in [6.45, 7) is 4.49. The van der Waals surface area contributed by atoms with Crippen LogP contribution in [0.15, 0.2) is 140 Å². The van der Waals surface area contributed by atoms with Crippen molar-refractivity contribution in [2.75, 3.05) is 0 Å². The van der Waals surface area contributed by atoms with Crippen LogP contribution in [0, 0.1) is 5.82 Å². The van der Waals surface area contributed by atoms with Crippen LogP contribution in [0.4, 0.5) is 4.39 Å². The molecule has 0 radical (unpaired) electrons. The average molecular weight is 989 g/mol. The van der Waals surface area contributed by atoms with Gasteiger partial charge >= 0.3 is 23.9 Å². The Kier molecular flexibility index (Phi) is 23.5. The molecular formula is C64H73FO8. The number of hydrogen-bond donors (Lipinski definition) is 0. The molecule has 6 rings (SSSR count). The summed E-state index contributed by atoms with van der Waals surface area (Å²) in [6.07, 6.45) is 27.8. The van der Waals surface area contributed by atoms with E-state index in [1.54, 1.807) is 54.6 Å². The van der Waals surface area contributed by atoms with Crippen molar-refractivity contribution in [3.63, 3.8) is 0 Å². The van der Waals surface area contributed by atoms with Gasteiger partial charge in [-0.25, -0.2) is 23.6 Å². The predicted octanol–water partition coefficient (Wildman–Crippen LogP) is 17.3. The molecule has 9 heteroatoms. The second-order valence-electron chi connectivity index (χ2n) is 19.0. The second kappa shape index (κ2) is 30.9. The third-order valence-electron chi connectivity index (χ3n) is 13.1. The quantitative estimate of drug-likeness (QED) is 0.0241. The fourth-order valence-electron chi connectivity index (χ4n) is 8.73. The number of unbranched alkanes of at least 4 members (excludes halogenated alkanes) is 18. The van der Waals surface area contributed by atoms with E-state index in [9.17, 15) is 19.2 Å². The first-order chi connectivity index (χ1) is 35.7. The van der Waals surface area contributed by atoms with E-state index < -0.39 is 29.7 Å². The monoisotopic (exact) mass is 989 g/mol. The molecule has 384 valence electrons. The van der Waals surface area contributed by atoms with E-state index in [-0.39, 0.29) is 34.1 Å².